The van der Waals surface area contributed by atoms with Gasteiger partial charge in [-0.1, -0.05) is 60.4 Å². The lowest BCUT2D eigenvalue weighted by atomic mass is 9.98. The second-order valence-electron chi connectivity index (χ2n) is 6.73. The minimum Gasteiger partial charge on any atom is -0.377 e. The molecule has 4 rings (SSSR count). The topological polar surface area (TPSA) is 3.24 Å². The maximum Gasteiger partial charge on any atom is 0.0446 e. The van der Waals surface area contributed by atoms with Crippen molar-refractivity contribution in [3.05, 3.63) is 102 Å². The maximum absolute atomic E-state index is 3.23. The van der Waals surface area contributed by atoms with Crippen LogP contribution in [-0.4, -0.2) is 14.1 Å². The number of hydrogen-bond acceptors (Lipinski definition) is 1. The van der Waals surface area contributed by atoms with Gasteiger partial charge in [-0.15, -0.1) is 0 Å². The van der Waals surface area contributed by atoms with Crippen LogP contribution in [0.15, 0.2) is 84.9 Å². The average molecular weight is 346 g/mol. The van der Waals surface area contributed by atoms with Gasteiger partial charge in [0.15, 0.2) is 0 Å². The Balaban J connectivity index is 1.69. The van der Waals surface area contributed by atoms with Crippen molar-refractivity contribution < 1.29 is 0 Å². The smallest absolute Gasteiger partial charge is 0.0446 e. The second kappa shape index (κ2) is 7.40. The van der Waals surface area contributed by atoms with Crippen LogP contribution in [0.25, 0.3) is 21.9 Å². The average Bonchev–Trinajstić information content (AvgIpc) is 2.72. The summed E-state index contributed by atoms with van der Waals surface area (Å²) in [6.07, 6.45) is 0. The van der Waals surface area contributed by atoms with Crippen LogP contribution in [0.5, 0.6) is 0 Å². The molecule has 0 aliphatic heterocycles. The standard InChI is InChI=1S/C26H20N/c1-27(2)26-19-24(18-23-10-6-7-11-25(23)26)22-16-14-21(15-17-22)13-12-20-8-4-3-5-9-20/h4-11,14-19H,1-2H3. The van der Waals surface area contributed by atoms with E-state index in [4.69, 9.17) is 0 Å². The maximum atomic E-state index is 3.23. The molecule has 0 N–H and O–H groups in total. The molecule has 0 fully saturated rings. The lowest BCUT2D eigenvalue weighted by molar-refractivity contribution is 1.14. The zero-order valence-corrected chi connectivity index (χ0v) is 15.5. The van der Waals surface area contributed by atoms with Crippen LogP contribution in [0.2, 0.25) is 0 Å². The Kier molecular flexibility index (Phi) is 4.64. The van der Waals surface area contributed by atoms with E-state index in [-0.39, 0.29) is 0 Å². The van der Waals surface area contributed by atoms with E-state index in [1.807, 2.05) is 24.3 Å². The predicted molar refractivity (Wildman–Crippen MR) is 115 cm³/mol. The predicted octanol–water partition coefficient (Wildman–Crippen LogP) is 5.77. The summed E-state index contributed by atoms with van der Waals surface area (Å²) in [6, 6.07) is 32.2. The number of anilines is 1. The quantitative estimate of drug-likeness (QED) is 0.416. The molecule has 0 aliphatic rings. The molecule has 27 heavy (non-hydrogen) atoms. The SMILES string of the molecule is CN(C)c1cc(-c2ccc(C#Cc3cc[c]cc3)cc2)cc2ccccc12. The van der Waals surface area contributed by atoms with Crippen LogP contribution in [0, 0.1) is 17.9 Å². The molecule has 0 amide bonds. The summed E-state index contributed by atoms with van der Waals surface area (Å²) < 4.78 is 0. The van der Waals surface area contributed by atoms with E-state index in [2.05, 4.69) is 97.6 Å². The lowest BCUT2D eigenvalue weighted by Crippen LogP contribution is -2.09. The van der Waals surface area contributed by atoms with Gasteiger partial charge in [-0.3, -0.25) is 0 Å². The third-order valence-corrected chi connectivity index (χ3v) is 4.61. The molecule has 129 valence electrons. The summed E-state index contributed by atoms with van der Waals surface area (Å²) in [7, 11) is 4.18. The van der Waals surface area contributed by atoms with Crippen molar-refractivity contribution >= 4 is 16.5 Å². The molecule has 0 saturated heterocycles. The molecule has 0 atom stereocenters. The first-order chi connectivity index (χ1) is 13.2. The highest BCUT2D eigenvalue weighted by atomic mass is 15.1. The Morgan fingerprint density at radius 3 is 2.07 bits per heavy atom. The first kappa shape index (κ1) is 16.9. The van der Waals surface area contributed by atoms with Crippen LogP contribution in [0.4, 0.5) is 5.69 Å². The van der Waals surface area contributed by atoms with Crippen molar-refractivity contribution in [2.45, 2.75) is 0 Å². The molecule has 1 radical (unpaired) electrons. The first-order valence-corrected chi connectivity index (χ1v) is 8.99. The molecule has 4 aromatic carbocycles. The summed E-state index contributed by atoms with van der Waals surface area (Å²) >= 11 is 0. The molecule has 1 heteroatoms. The molecule has 0 saturated carbocycles. The van der Waals surface area contributed by atoms with E-state index in [0.717, 1.165) is 11.1 Å². The van der Waals surface area contributed by atoms with Crippen molar-refractivity contribution in [1.82, 2.24) is 0 Å². The van der Waals surface area contributed by atoms with Crippen LogP contribution in [0.3, 0.4) is 0 Å². The van der Waals surface area contributed by atoms with Gasteiger partial charge < -0.3 is 4.90 Å². The minimum absolute atomic E-state index is 1.00. The van der Waals surface area contributed by atoms with Gasteiger partial charge in [-0.2, -0.15) is 0 Å². The monoisotopic (exact) mass is 346 g/mol. The molecule has 0 heterocycles. The van der Waals surface area contributed by atoms with Gasteiger partial charge in [-0.25, -0.2) is 0 Å². The first-order valence-electron chi connectivity index (χ1n) is 8.99. The second-order valence-corrected chi connectivity index (χ2v) is 6.73. The molecular weight excluding hydrogens is 326 g/mol. The zero-order chi connectivity index (χ0) is 18.6. The summed E-state index contributed by atoms with van der Waals surface area (Å²) in [4.78, 5) is 2.17. The number of rotatable bonds is 2. The van der Waals surface area contributed by atoms with E-state index in [9.17, 15) is 0 Å². The largest absolute Gasteiger partial charge is 0.377 e. The fraction of sp³-hybridized carbons (Fsp3) is 0.0769. The molecule has 0 unspecified atom stereocenters. The van der Waals surface area contributed by atoms with E-state index >= 15 is 0 Å². The van der Waals surface area contributed by atoms with E-state index in [1.54, 1.807) is 0 Å². The Hall–Kier alpha value is -3.50. The third kappa shape index (κ3) is 3.71. The highest BCUT2D eigenvalue weighted by molar-refractivity contribution is 5.98. The van der Waals surface area contributed by atoms with Crippen molar-refractivity contribution in [1.29, 1.82) is 0 Å². The molecular formula is C26H20N. The Morgan fingerprint density at radius 1 is 0.704 bits per heavy atom. The van der Waals surface area contributed by atoms with Gasteiger partial charge in [0.25, 0.3) is 0 Å². The summed E-state index contributed by atoms with van der Waals surface area (Å²) in [5, 5.41) is 2.53. The Morgan fingerprint density at radius 2 is 1.37 bits per heavy atom. The number of nitrogens with zero attached hydrogens (tertiary/aromatic N) is 1. The molecule has 0 aromatic heterocycles. The molecule has 0 aliphatic carbocycles. The van der Waals surface area contributed by atoms with E-state index in [1.165, 1.54) is 27.6 Å². The van der Waals surface area contributed by atoms with E-state index < -0.39 is 0 Å². The van der Waals surface area contributed by atoms with Crippen molar-refractivity contribution in [3.63, 3.8) is 0 Å². The molecule has 0 bridgehead atoms. The van der Waals surface area contributed by atoms with Gasteiger partial charge in [0.2, 0.25) is 0 Å². The summed E-state index contributed by atoms with van der Waals surface area (Å²) in [5.41, 5.74) is 5.66. The highest BCUT2D eigenvalue weighted by Gasteiger charge is 2.07. The molecule has 0 spiro atoms. The number of benzene rings is 4. The third-order valence-electron chi connectivity index (χ3n) is 4.61. The Labute approximate surface area is 160 Å². The highest BCUT2D eigenvalue weighted by Crippen LogP contribution is 2.32. The summed E-state index contributed by atoms with van der Waals surface area (Å²) in [6.45, 7) is 0. The molecule has 1 nitrogen and oxygen atoms in total. The van der Waals surface area contributed by atoms with Gasteiger partial charge in [0, 0.05) is 36.3 Å². The van der Waals surface area contributed by atoms with Crippen molar-refractivity contribution in [2.75, 3.05) is 19.0 Å². The minimum atomic E-state index is 1.00. The Bertz CT molecular complexity index is 1130. The van der Waals surface area contributed by atoms with E-state index in [0.29, 0.717) is 0 Å². The van der Waals surface area contributed by atoms with Crippen molar-refractivity contribution in [2.24, 2.45) is 0 Å². The van der Waals surface area contributed by atoms with Crippen LogP contribution < -0.4 is 4.90 Å². The fourth-order valence-corrected chi connectivity index (χ4v) is 3.19. The fourth-order valence-electron chi connectivity index (χ4n) is 3.19. The van der Waals surface area contributed by atoms with Crippen LogP contribution in [-0.2, 0) is 0 Å². The number of hydrogen-bond donors (Lipinski definition) is 0. The van der Waals surface area contributed by atoms with Gasteiger partial charge in [-0.05, 0) is 59.0 Å². The zero-order valence-electron chi connectivity index (χ0n) is 15.5. The lowest BCUT2D eigenvalue weighted by Gasteiger charge is -2.17. The summed E-state index contributed by atoms with van der Waals surface area (Å²) in [5.74, 6) is 6.42. The number of fused-ring (bicyclic) bond motifs is 1. The van der Waals surface area contributed by atoms with Gasteiger partial charge in [0.05, 0.1) is 0 Å². The van der Waals surface area contributed by atoms with Crippen LogP contribution >= 0.6 is 0 Å². The van der Waals surface area contributed by atoms with Crippen LogP contribution in [0.1, 0.15) is 11.1 Å². The molecule has 4 aromatic rings. The van der Waals surface area contributed by atoms with Gasteiger partial charge in [0.1, 0.15) is 0 Å². The van der Waals surface area contributed by atoms with Gasteiger partial charge >= 0.3 is 0 Å². The van der Waals surface area contributed by atoms with Crippen molar-refractivity contribution in [3.8, 4) is 23.0 Å². The normalized spacial score (nSPS) is 10.3.